The van der Waals surface area contributed by atoms with Gasteiger partial charge in [0.25, 0.3) is 5.91 Å². The SMILES string of the molecule is CC(c1cnn(C)c1)N(C)C(=O)c1ccc(O)c([N+](=O)[O-])c1. The van der Waals surface area contributed by atoms with Crippen molar-refractivity contribution in [2.24, 2.45) is 7.05 Å². The number of aromatic hydroxyl groups is 1. The molecule has 1 aromatic heterocycles. The molecule has 0 spiro atoms. The summed E-state index contributed by atoms with van der Waals surface area (Å²) in [5.41, 5.74) is 0.502. The van der Waals surface area contributed by atoms with Gasteiger partial charge in [0, 0.05) is 37.5 Å². The molecule has 0 saturated heterocycles. The minimum absolute atomic E-state index is 0.141. The Balaban J connectivity index is 2.27. The van der Waals surface area contributed by atoms with Gasteiger partial charge in [-0.3, -0.25) is 19.6 Å². The van der Waals surface area contributed by atoms with E-state index < -0.39 is 16.4 Å². The van der Waals surface area contributed by atoms with E-state index in [-0.39, 0.29) is 17.5 Å². The van der Waals surface area contributed by atoms with E-state index in [1.165, 1.54) is 11.0 Å². The van der Waals surface area contributed by atoms with Gasteiger partial charge in [-0.1, -0.05) is 0 Å². The summed E-state index contributed by atoms with van der Waals surface area (Å²) >= 11 is 0. The van der Waals surface area contributed by atoms with Gasteiger partial charge in [-0.25, -0.2) is 0 Å². The number of hydrogen-bond acceptors (Lipinski definition) is 5. The molecule has 1 unspecified atom stereocenters. The van der Waals surface area contributed by atoms with Gasteiger partial charge in [-0.05, 0) is 19.1 Å². The van der Waals surface area contributed by atoms with E-state index in [1.54, 1.807) is 31.2 Å². The third kappa shape index (κ3) is 2.90. The highest BCUT2D eigenvalue weighted by atomic mass is 16.6. The van der Waals surface area contributed by atoms with Crippen molar-refractivity contribution in [3.05, 3.63) is 51.8 Å². The van der Waals surface area contributed by atoms with Crippen LogP contribution in [0.2, 0.25) is 0 Å². The molecule has 1 heterocycles. The van der Waals surface area contributed by atoms with E-state index in [9.17, 15) is 20.0 Å². The van der Waals surface area contributed by atoms with Gasteiger partial charge in [-0.2, -0.15) is 5.10 Å². The molecule has 22 heavy (non-hydrogen) atoms. The Morgan fingerprint density at radius 1 is 1.50 bits per heavy atom. The third-order valence-electron chi connectivity index (χ3n) is 3.53. The molecule has 0 fully saturated rings. The maximum atomic E-state index is 12.4. The summed E-state index contributed by atoms with van der Waals surface area (Å²) in [5.74, 6) is -0.844. The van der Waals surface area contributed by atoms with Crippen LogP contribution in [0, 0.1) is 10.1 Å². The fourth-order valence-corrected chi connectivity index (χ4v) is 2.06. The minimum Gasteiger partial charge on any atom is -0.502 e. The molecule has 1 amide bonds. The molecular formula is C14H16N4O4. The number of aromatic nitrogens is 2. The zero-order valence-electron chi connectivity index (χ0n) is 12.4. The fraction of sp³-hybridized carbons (Fsp3) is 0.286. The van der Waals surface area contributed by atoms with Crippen molar-refractivity contribution in [2.45, 2.75) is 13.0 Å². The van der Waals surface area contributed by atoms with Crippen molar-refractivity contribution >= 4 is 11.6 Å². The van der Waals surface area contributed by atoms with Gasteiger partial charge in [0.2, 0.25) is 0 Å². The molecule has 0 aliphatic rings. The van der Waals surface area contributed by atoms with Gasteiger partial charge < -0.3 is 10.0 Å². The molecule has 0 saturated carbocycles. The Labute approximate surface area is 126 Å². The first kappa shape index (κ1) is 15.5. The van der Waals surface area contributed by atoms with Crippen LogP contribution in [-0.2, 0) is 7.05 Å². The highest BCUT2D eigenvalue weighted by molar-refractivity contribution is 5.95. The molecule has 2 aromatic rings. The Kier molecular flexibility index (Phi) is 4.11. The second kappa shape index (κ2) is 5.84. The minimum atomic E-state index is -0.726. The van der Waals surface area contributed by atoms with Crippen LogP contribution in [-0.4, -0.2) is 37.7 Å². The average molecular weight is 304 g/mol. The third-order valence-corrected chi connectivity index (χ3v) is 3.53. The van der Waals surface area contributed by atoms with Crippen LogP contribution in [0.1, 0.15) is 28.9 Å². The topological polar surface area (TPSA) is 102 Å². The zero-order valence-corrected chi connectivity index (χ0v) is 12.4. The largest absolute Gasteiger partial charge is 0.502 e. The van der Waals surface area contributed by atoms with Crippen LogP contribution in [0.15, 0.2) is 30.6 Å². The summed E-state index contributed by atoms with van der Waals surface area (Å²) in [7, 11) is 3.39. The lowest BCUT2D eigenvalue weighted by Gasteiger charge is -2.24. The number of benzene rings is 1. The van der Waals surface area contributed by atoms with Crippen LogP contribution in [0.4, 0.5) is 5.69 Å². The number of phenolic OH excluding ortho intramolecular Hbond substituents is 1. The highest BCUT2D eigenvalue weighted by Gasteiger charge is 2.23. The van der Waals surface area contributed by atoms with E-state index in [0.29, 0.717) is 0 Å². The van der Waals surface area contributed by atoms with Crippen LogP contribution in [0.25, 0.3) is 0 Å². The lowest BCUT2D eigenvalue weighted by atomic mass is 10.1. The van der Waals surface area contributed by atoms with Gasteiger partial charge in [-0.15, -0.1) is 0 Å². The second-order valence-electron chi connectivity index (χ2n) is 5.00. The normalized spacial score (nSPS) is 12.0. The van der Waals surface area contributed by atoms with E-state index in [1.807, 2.05) is 6.92 Å². The first-order chi connectivity index (χ1) is 10.3. The molecule has 8 heteroatoms. The lowest BCUT2D eigenvalue weighted by Crippen LogP contribution is -2.29. The van der Waals surface area contributed by atoms with Gasteiger partial charge in [0.15, 0.2) is 5.75 Å². The molecule has 1 N–H and O–H groups in total. The number of nitro benzene ring substituents is 1. The standard InChI is InChI=1S/C14H16N4O4/c1-9(11-7-15-16(2)8-11)17(3)14(20)10-4-5-13(19)12(6-10)18(21)22/h4-9,19H,1-3H3. The van der Waals surface area contributed by atoms with Gasteiger partial charge >= 0.3 is 5.69 Å². The zero-order chi connectivity index (χ0) is 16.4. The number of amides is 1. The average Bonchev–Trinajstić information content (AvgIpc) is 2.91. The fourth-order valence-electron chi connectivity index (χ4n) is 2.06. The summed E-state index contributed by atoms with van der Waals surface area (Å²) in [4.78, 5) is 24.0. The number of nitrogens with zero attached hydrogens (tertiary/aromatic N) is 4. The Morgan fingerprint density at radius 3 is 2.73 bits per heavy atom. The van der Waals surface area contributed by atoms with E-state index in [0.717, 1.165) is 17.7 Å². The van der Waals surface area contributed by atoms with Crippen molar-refractivity contribution < 1.29 is 14.8 Å². The van der Waals surface area contributed by atoms with Gasteiger partial charge in [0.1, 0.15) is 0 Å². The molecule has 0 aliphatic heterocycles. The number of hydrogen-bond donors (Lipinski definition) is 1. The first-order valence-electron chi connectivity index (χ1n) is 6.54. The molecule has 1 aromatic carbocycles. The molecule has 116 valence electrons. The van der Waals surface area contributed by atoms with Crippen molar-refractivity contribution in [3.8, 4) is 5.75 Å². The second-order valence-corrected chi connectivity index (χ2v) is 5.00. The molecule has 1 atom stereocenters. The first-order valence-corrected chi connectivity index (χ1v) is 6.54. The van der Waals surface area contributed by atoms with E-state index in [2.05, 4.69) is 5.10 Å². The molecular weight excluding hydrogens is 288 g/mol. The predicted octanol–water partition coefficient (Wildman–Crippen LogP) is 1.87. The monoisotopic (exact) mass is 304 g/mol. The molecule has 0 aliphatic carbocycles. The Bertz CT molecular complexity index is 725. The molecule has 2 rings (SSSR count). The van der Waals surface area contributed by atoms with Crippen LogP contribution in [0.3, 0.4) is 0 Å². The number of phenols is 1. The summed E-state index contributed by atoms with van der Waals surface area (Å²) in [6, 6.07) is 3.34. The maximum absolute atomic E-state index is 12.4. The predicted molar refractivity (Wildman–Crippen MR) is 78.5 cm³/mol. The lowest BCUT2D eigenvalue weighted by molar-refractivity contribution is -0.385. The Hall–Kier alpha value is -2.90. The summed E-state index contributed by atoms with van der Waals surface area (Å²) in [5, 5.41) is 24.3. The van der Waals surface area contributed by atoms with Crippen molar-refractivity contribution in [3.63, 3.8) is 0 Å². The summed E-state index contributed by atoms with van der Waals surface area (Å²) in [6.45, 7) is 1.84. The summed E-state index contributed by atoms with van der Waals surface area (Å²) in [6.07, 6.45) is 3.46. The molecule has 0 radical (unpaired) electrons. The quantitative estimate of drug-likeness (QED) is 0.686. The van der Waals surface area contributed by atoms with Crippen LogP contribution >= 0.6 is 0 Å². The van der Waals surface area contributed by atoms with Crippen molar-refractivity contribution in [1.29, 1.82) is 0 Å². The van der Waals surface area contributed by atoms with Gasteiger partial charge in [0.05, 0.1) is 17.2 Å². The molecule has 0 bridgehead atoms. The Morgan fingerprint density at radius 2 is 2.18 bits per heavy atom. The number of carbonyl (C=O) groups excluding carboxylic acids is 1. The number of rotatable bonds is 4. The van der Waals surface area contributed by atoms with Crippen LogP contribution < -0.4 is 0 Å². The number of aryl methyl sites for hydroxylation is 1. The summed E-state index contributed by atoms with van der Waals surface area (Å²) < 4.78 is 1.63. The maximum Gasteiger partial charge on any atom is 0.311 e. The van der Waals surface area contributed by atoms with Crippen molar-refractivity contribution in [2.75, 3.05) is 7.05 Å². The number of carbonyl (C=O) groups is 1. The van der Waals surface area contributed by atoms with E-state index >= 15 is 0 Å². The number of nitro groups is 1. The van der Waals surface area contributed by atoms with E-state index in [4.69, 9.17) is 0 Å². The van der Waals surface area contributed by atoms with Crippen molar-refractivity contribution in [1.82, 2.24) is 14.7 Å². The highest BCUT2D eigenvalue weighted by Crippen LogP contribution is 2.28. The van der Waals surface area contributed by atoms with Crippen LogP contribution in [0.5, 0.6) is 5.75 Å². The smallest absolute Gasteiger partial charge is 0.311 e. The molecule has 8 nitrogen and oxygen atoms in total.